The van der Waals surface area contributed by atoms with Crippen LogP contribution in [0, 0.1) is 0 Å². The van der Waals surface area contributed by atoms with Crippen LogP contribution in [0.15, 0.2) is 0 Å². The molecule has 0 aromatic rings. The van der Waals surface area contributed by atoms with Gasteiger partial charge < -0.3 is 9.84 Å². The zero-order valence-electron chi connectivity index (χ0n) is 6.76. The van der Waals surface area contributed by atoms with Gasteiger partial charge in [-0.15, -0.1) is 0 Å². The van der Waals surface area contributed by atoms with Crippen LogP contribution in [-0.4, -0.2) is 23.9 Å². The van der Waals surface area contributed by atoms with Crippen molar-refractivity contribution in [1.82, 2.24) is 0 Å². The predicted molar refractivity (Wildman–Crippen MR) is 39.9 cm³/mol. The highest BCUT2D eigenvalue weighted by Crippen LogP contribution is 2.30. The van der Waals surface area contributed by atoms with E-state index in [2.05, 4.69) is 0 Å². The Balaban J connectivity index is 2.54. The summed E-state index contributed by atoms with van der Waals surface area (Å²) < 4.78 is 5.24. The second-order valence-corrected chi connectivity index (χ2v) is 3.28. The Morgan fingerprint density at radius 3 is 2.60 bits per heavy atom. The van der Waals surface area contributed by atoms with E-state index in [1.165, 1.54) is 6.42 Å². The first-order valence-corrected chi connectivity index (χ1v) is 3.92. The Labute approximate surface area is 62.2 Å². The third-order valence-electron chi connectivity index (χ3n) is 2.57. The first-order valence-electron chi connectivity index (χ1n) is 3.92. The van der Waals surface area contributed by atoms with Crippen LogP contribution in [0.3, 0.4) is 0 Å². The average Bonchev–Trinajstić information content (AvgIpc) is 1.96. The molecule has 2 nitrogen and oxygen atoms in total. The zero-order valence-corrected chi connectivity index (χ0v) is 6.76. The molecule has 1 aliphatic carbocycles. The smallest absolute Gasteiger partial charge is 0.0908 e. The molecule has 0 radical (unpaired) electrons. The molecule has 0 spiro atoms. The van der Waals surface area contributed by atoms with Crippen molar-refractivity contribution in [3.63, 3.8) is 0 Å². The van der Waals surface area contributed by atoms with Gasteiger partial charge in [-0.1, -0.05) is 12.8 Å². The van der Waals surface area contributed by atoms with E-state index in [1.807, 2.05) is 6.92 Å². The van der Waals surface area contributed by atoms with Crippen LogP contribution in [0.1, 0.15) is 32.6 Å². The molecule has 0 heterocycles. The maximum atomic E-state index is 9.50. The first-order chi connectivity index (χ1) is 4.69. The highest BCUT2D eigenvalue weighted by molar-refractivity contribution is 4.87. The van der Waals surface area contributed by atoms with Crippen molar-refractivity contribution in [2.75, 3.05) is 7.11 Å². The minimum Gasteiger partial charge on any atom is -0.390 e. The Kier molecular flexibility index (Phi) is 2.32. The van der Waals surface area contributed by atoms with Gasteiger partial charge in [-0.25, -0.2) is 0 Å². The Morgan fingerprint density at radius 1 is 1.50 bits per heavy atom. The highest BCUT2D eigenvalue weighted by Gasteiger charge is 2.34. The van der Waals surface area contributed by atoms with Gasteiger partial charge in [0.2, 0.25) is 0 Å². The summed E-state index contributed by atoms with van der Waals surface area (Å²) in [7, 11) is 1.68. The summed E-state index contributed by atoms with van der Waals surface area (Å²) in [5, 5.41) is 9.50. The minimum absolute atomic E-state index is 0.258. The molecule has 10 heavy (non-hydrogen) atoms. The van der Waals surface area contributed by atoms with Crippen LogP contribution in [0.25, 0.3) is 0 Å². The van der Waals surface area contributed by atoms with E-state index >= 15 is 0 Å². The van der Waals surface area contributed by atoms with E-state index in [-0.39, 0.29) is 11.7 Å². The monoisotopic (exact) mass is 144 g/mol. The molecule has 1 rings (SSSR count). The summed E-state index contributed by atoms with van der Waals surface area (Å²) in [5.41, 5.74) is -0.266. The van der Waals surface area contributed by atoms with Crippen molar-refractivity contribution in [2.24, 2.45) is 0 Å². The number of methoxy groups -OCH3 is 1. The van der Waals surface area contributed by atoms with Crippen LogP contribution in [0.5, 0.6) is 0 Å². The third kappa shape index (κ3) is 1.32. The van der Waals surface area contributed by atoms with E-state index in [9.17, 15) is 5.11 Å². The Morgan fingerprint density at radius 2 is 2.20 bits per heavy atom. The second kappa shape index (κ2) is 2.89. The molecule has 2 heteroatoms. The van der Waals surface area contributed by atoms with Crippen molar-refractivity contribution in [1.29, 1.82) is 0 Å². The zero-order chi connectivity index (χ0) is 7.61. The molecule has 60 valence electrons. The van der Waals surface area contributed by atoms with Gasteiger partial charge in [0.1, 0.15) is 0 Å². The lowest BCUT2D eigenvalue weighted by atomic mass is 9.84. The van der Waals surface area contributed by atoms with Gasteiger partial charge in [-0.05, 0) is 19.8 Å². The lowest BCUT2D eigenvalue weighted by Gasteiger charge is -2.36. The molecule has 0 bridgehead atoms. The molecule has 0 aromatic heterocycles. The van der Waals surface area contributed by atoms with Gasteiger partial charge in [-0.3, -0.25) is 0 Å². The summed E-state index contributed by atoms with van der Waals surface area (Å²) >= 11 is 0. The molecule has 1 N–H and O–H groups in total. The van der Waals surface area contributed by atoms with E-state index < -0.39 is 0 Å². The van der Waals surface area contributed by atoms with E-state index in [4.69, 9.17) is 4.74 Å². The normalized spacial score (nSPS) is 41.7. The SMILES string of the molecule is CO[C@]1(C)CCCC[C@H]1O. The van der Waals surface area contributed by atoms with E-state index in [1.54, 1.807) is 7.11 Å². The number of aliphatic hydroxyl groups excluding tert-OH is 1. The van der Waals surface area contributed by atoms with Crippen molar-refractivity contribution in [3.8, 4) is 0 Å². The summed E-state index contributed by atoms with van der Waals surface area (Å²) in [6, 6.07) is 0. The quantitative estimate of drug-likeness (QED) is 0.601. The van der Waals surface area contributed by atoms with Crippen molar-refractivity contribution in [3.05, 3.63) is 0 Å². The van der Waals surface area contributed by atoms with Gasteiger partial charge in [0.05, 0.1) is 11.7 Å². The lowest BCUT2D eigenvalue weighted by Crippen LogP contribution is -2.43. The second-order valence-electron chi connectivity index (χ2n) is 3.28. The molecule has 0 unspecified atom stereocenters. The van der Waals surface area contributed by atoms with Crippen LogP contribution >= 0.6 is 0 Å². The largest absolute Gasteiger partial charge is 0.390 e. The van der Waals surface area contributed by atoms with Crippen LogP contribution < -0.4 is 0 Å². The molecular formula is C8H16O2. The fourth-order valence-electron chi connectivity index (χ4n) is 1.52. The first kappa shape index (κ1) is 8.02. The number of rotatable bonds is 1. The van der Waals surface area contributed by atoms with Gasteiger partial charge >= 0.3 is 0 Å². The molecular weight excluding hydrogens is 128 g/mol. The summed E-state index contributed by atoms with van der Waals surface area (Å²) in [6.45, 7) is 1.98. The average molecular weight is 144 g/mol. The van der Waals surface area contributed by atoms with Crippen molar-refractivity contribution < 1.29 is 9.84 Å². The minimum atomic E-state index is -0.266. The molecule has 0 saturated heterocycles. The molecule has 0 aromatic carbocycles. The Bertz CT molecular complexity index is 114. The third-order valence-corrected chi connectivity index (χ3v) is 2.57. The molecule has 1 saturated carbocycles. The van der Waals surface area contributed by atoms with Gasteiger partial charge in [-0.2, -0.15) is 0 Å². The van der Waals surface area contributed by atoms with Gasteiger partial charge in [0.25, 0.3) is 0 Å². The van der Waals surface area contributed by atoms with Crippen molar-refractivity contribution >= 4 is 0 Å². The molecule has 1 fully saturated rings. The fraction of sp³-hybridized carbons (Fsp3) is 1.00. The predicted octanol–water partition coefficient (Wildman–Crippen LogP) is 1.33. The maximum Gasteiger partial charge on any atom is 0.0908 e. The number of hydrogen-bond acceptors (Lipinski definition) is 2. The number of ether oxygens (including phenoxy) is 1. The topological polar surface area (TPSA) is 29.5 Å². The maximum absolute atomic E-state index is 9.50. The van der Waals surface area contributed by atoms with Gasteiger partial charge in [0.15, 0.2) is 0 Å². The Hall–Kier alpha value is -0.0800. The highest BCUT2D eigenvalue weighted by atomic mass is 16.5. The van der Waals surface area contributed by atoms with E-state index in [0.29, 0.717) is 0 Å². The number of hydrogen-bond donors (Lipinski definition) is 1. The van der Waals surface area contributed by atoms with Crippen LogP contribution in [0.4, 0.5) is 0 Å². The fourth-order valence-corrected chi connectivity index (χ4v) is 1.52. The summed E-state index contributed by atoms with van der Waals surface area (Å²) in [4.78, 5) is 0. The standard InChI is InChI=1S/C8H16O2/c1-8(10-2)6-4-3-5-7(8)9/h7,9H,3-6H2,1-2H3/t7-,8-/m1/s1. The summed E-state index contributed by atoms with van der Waals surface area (Å²) in [5.74, 6) is 0. The van der Waals surface area contributed by atoms with E-state index in [0.717, 1.165) is 19.3 Å². The molecule has 1 aliphatic rings. The van der Waals surface area contributed by atoms with Crippen LogP contribution in [0.2, 0.25) is 0 Å². The summed E-state index contributed by atoms with van der Waals surface area (Å²) in [6.07, 6.45) is 3.95. The molecule has 0 amide bonds. The molecule has 0 aliphatic heterocycles. The molecule has 2 atom stereocenters. The lowest BCUT2D eigenvalue weighted by molar-refractivity contribution is -0.112. The number of aliphatic hydroxyl groups is 1. The van der Waals surface area contributed by atoms with Gasteiger partial charge in [0, 0.05) is 7.11 Å². The van der Waals surface area contributed by atoms with Crippen LogP contribution in [-0.2, 0) is 4.74 Å². The van der Waals surface area contributed by atoms with Crippen molar-refractivity contribution in [2.45, 2.75) is 44.3 Å².